The molecular formula is C17H23FN2. The molecule has 2 nitrogen and oxygen atoms in total. The Balaban J connectivity index is 1.90. The maximum absolute atomic E-state index is 13.9. The Kier molecular flexibility index (Phi) is 3.33. The lowest BCUT2D eigenvalue weighted by Gasteiger charge is -2.31. The minimum atomic E-state index is -1.13. The third-order valence-corrected chi connectivity index (χ3v) is 4.25. The van der Waals surface area contributed by atoms with Gasteiger partial charge >= 0.3 is 0 Å². The standard InChI is InChI=1S/C17H23FN2/c1-12-10-14-13-6-4-5-7-15(13)19-16(14)8-9-20(12)11-17(2,3)18/h4-7,12,19H,8-11H2,1-3H3. The molecule has 0 spiro atoms. The molecule has 0 amide bonds. The Morgan fingerprint density at radius 3 is 2.85 bits per heavy atom. The van der Waals surface area contributed by atoms with E-state index in [1.165, 1.54) is 22.2 Å². The summed E-state index contributed by atoms with van der Waals surface area (Å²) in [6.45, 7) is 6.98. The summed E-state index contributed by atoms with van der Waals surface area (Å²) in [6, 6.07) is 8.86. The van der Waals surface area contributed by atoms with Crippen LogP contribution in [0.1, 0.15) is 32.0 Å². The fraction of sp³-hybridized carbons (Fsp3) is 0.529. The van der Waals surface area contributed by atoms with Crippen molar-refractivity contribution in [2.45, 2.75) is 45.3 Å². The molecule has 108 valence electrons. The topological polar surface area (TPSA) is 19.0 Å². The molecule has 1 aliphatic rings. The van der Waals surface area contributed by atoms with E-state index >= 15 is 0 Å². The van der Waals surface area contributed by atoms with Crippen LogP contribution in [0.15, 0.2) is 24.3 Å². The average Bonchev–Trinajstić information content (AvgIpc) is 2.64. The second-order valence-electron chi connectivity index (χ2n) is 6.62. The maximum atomic E-state index is 13.9. The molecule has 3 heteroatoms. The number of rotatable bonds is 2. The monoisotopic (exact) mass is 274 g/mol. The number of benzene rings is 1. The molecule has 2 heterocycles. The van der Waals surface area contributed by atoms with Gasteiger partial charge in [0.1, 0.15) is 5.67 Å². The number of H-pyrrole nitrogens is 1. The summed E-state index contributed by atoms with van der Waals surface area (Å²) in [5.41, 5.74) is 2.85. The SMILES string of the molecule is CC1Cc2c([nH]c3ccccc23)CCN1CC(C)(C)F. The molecule has 1 aromatic carbocycles. The molecule has 1 N–H and O–H groups in total. The predicted molar refractivity (Wildman–Crippen MR) is 81.9 cm³/mol. The van der Waals surface area contributed by atoms with E-state index in [1.54, 1.807) is 13.8 Å². The first-order chi connectivity index (χ1) is 9.44. The summed E-state index contributed by atoms with van der Waals surface area (Å²) < 4.78 is 13.9. The van der Waals surface area contributed by atoms with Gasteiger partial charge in [0, 0.05) is 42.1 Å². The van der Waals surface area contributed by atoms with Crippen LogP contribution in [0.5, 0.6) is 0 Å². The maximum Gasteiger partial charge on any atom is 0.118 e. The second kappa shape index (κ2) is 4.88. The molecule has 0 saturated carbocycles. The first-order valence-corrected chi connectivity index (χ1v) is 7.45. The van der Waals surface area contributed by atoms with Gasteiger partial charge in [-0.3, -0.25) is 4.90 Å². The number of para-hydroxylation sites is 1. The lowest BCUT2D eigenvalue weighted by molar-refractivity contribution is 0.102. The van der Waals surface area contributed by atoms with Crippen molar-refractivity contribution in [3.05, 3.63) is 35.5 Å². The summed E-state index contributed by atoms with van der Waals surface area (Å²) in [7, 11) is 0. The molecule has 20 heavy (non-hydrogen) atoms. The van der Waals surface area contributed by atoms with Crippen LogP contribution in [0.25, 0.3) is 10.9 Å². The Hall–Kier alpha value is -1.35. The first kappa shape index (κ1) is 13.6. The summed E-state index contributed by atoms with van der Waals surface area (Å²) in [6.07, 6.45) is 1.97. The van der Waals surface area contributed by atoms with E-state index in [9.17, 15) is 4.39 Å². The normalized spacial score (nSPS) is 20.9. The number of fused-ring (bicyclic) bond motifs is 3. The highest BCUT2D eigenvalue weighted by Crippen LogP contribution is 2.28. The van der Waals surface area contributed by atoms with Crippen molar-refractivity contribution in [1.82, 2.24) is 9.88 Å². The molecule has 3 rings (SSSR count). The highest BCUT2D eigenvalue weighted by molar-refractivity contribution is 5.84. The summed E-state index contributed by atoms with van der Waals surface area (Å²) >= 11 is 0. The molecule has 0 fully saturated rings. The van der Waals surface area contributed by atoms with Crippen molar-refractivity contribution in [3.63, 3.8) is 0 Å². The first-order valence-electron chi connectivity index (χ1n) is 7.45. The molecule has 2 aromatic rings. The number of hydrogen-bond donors (Lipinski definition) is 1. The van der Waals surface area contributed by atoms with Crippen LogP contribution in [0.3, 0.4) is 0 Å². The van der Waals surface area contributed by atoms with E-state index in [0.29, 0.717) is 12.6 Å². The molecule has 0 radical (unpaired) electrons. The third kappa shape index (κ3) is 2.59. The van der Waals surface area contributed by atoms with E-state index in [-0.39, 0.29) is 0 Å². The lowest BCUT2D eigenvalue weighted by Crippen LogP contribution is -2.42. The molecule has 1 aliphatic heterocycles. The van der Waals surface area contributed by atoms with E-state index in [4.69, 9.17) is 0 Å². The highest BCUT2D eigenvalue weighted by atomic mass is 19.1. The van der Waals surface area contributed by atoms with Crippen molar-refractivity contribution in [1.29, 1.82) is 0 Å². The van der Waals surface area contributed by atoms with E-state index in [0.717, 1.165) is 19.4 Å². The fourth-order valence-corrected chi connectivity index (χ4v) is 3.32. The Labute approximate surface area is 120 Å². The third-order valence-electron chi connectivity index (χ3n) is 4.25. The molecule has 0 saturated heterocycles. The van der Waals surface area contributed by atoms with Crippen LogP contribution in [-0.4, -0.2) is 34.7 Å². The van der Waals surface area contributed by atoms with Crippen molar-refractivity contribution in [3.8, 4) is 0 Å². The number of nitrogens with one attached hydrogen (secondary N) is 1. The molecule has 1 atom stereocenters. The average molecular weight is 274 g/mol. The van der Waals surface area contributed by atoms with Crippen LogP contribution < -0.4 is 0 Å². The highest BCUT2D eigenvalue weighted by Gasteiger charge is 2.28. The van der Waals surface area contributed by atoms with Crippen LogP contribution >= 0.6 is 0 Å². The minimum Gasteiger partial charge on any atom is -0.358 e. The molecule has 1 aromatic heterocycles. The molecule has 0 bridgehead atoms. The van der Waals surface area contributed by atoms with Gasteiger partial charge in [0.25, 0.3) is 0 Å². The van der Waals surface area contributed by atoms with Crippen LogP contribution in [0.4, 0.5) is 4.39 Å². The Morgan fingerprint density at radius 2 is 2.10 bits per heavy atom. The van der Waals surface area contributed by atoms with Crippen LogP contribution in [-0.2, 0) is 12.8 Å². The fourth-order valence-electron chi connectivity index (χ4n) is 3.32. The Morgan fingerprint density at radius 1 is 1.35 bits per heavy atom. The van der Waals surface area contributed by atoms with E-state index < -0.39 is 5.67 Å². The number of hydrogen-bond acceptors (Lipinski definition) is 1. The largest absolute Gasteiger partial charge is 0.358 e. The number of aromatic nitrogens is 1. The van der Waals surface area contributed by atoms with Crippen molar-refractivity contribution in [2.75, 3.05) is 13.1 Å². The van der Waals surface area contributed by atoms with Crippen LogP contribution in [0, 0.1) is 0 Å². The van der Waals surface area contributed by atoms with Gasteiger partial charge in [-0.05, 0) is 38.8 Å². The van der Waals surface area contributed by atoms with Gasteiger partial charge in [0.2, 0.25) is 0 Å². The van der Waals surface area contributed by atoms with Gasteiger partial charge < -0.3 is 4.98 Å². The van der Waals surface area contributed by atoms with Gasteiger partial charge in [0.15, 0.2) is 0 Å². The molecular weight excluding hydrogens is 251 g/mol. The van der Waals surface area contributed by atoms with Gasteiger partial charge in [0.05, 0.1) is 0 Å². The zero-order valence-electron chi connectivity index (χ0n) is 12.5. The zero-order chi connectivity index (χ0) is 14.3. The van der Waals surface area contributed by atoms with Crippen molar-refractivity contribution in [2.24, 2.45) is 0 Å². The van der Waals surface area contributed by atoms with Gasteiger partial charge in [-0.2, -0.15) is 0 Å². The minimum absolute atomic E-state index is 0.380. The summed E-state index contributed by atoms with van der Waals surface area (Å²) in [5.74, 6) is 0. The Bertz CT molecular complexity index is 609. The van der Waals surface area contributed by atoms with Crippen LogP contribution in [0.2, 0.25) is 0 Å². The lowest BCUT2D eigenvalue weighted by atomic mass is 10.0. The number of aromatic amines is 1. The summed E-state index contributed by atoms with van der Waals surface area (Å²) in [4.78, 5) is 5.82. The van der Waals surface area contributed by atoms with Gasteiger partial charge in [-0.1, -0.05) is 18.2 Å². The number of nitrogens with zero attached hydrogens (tertiary/aromatic N) is 1. The zero-order valence-corrected chi connectivity index (χ0v) is 12.5. The van der Waals surface area contributed by atoms with Gasteiger partial charge in [-0.25, -0.2) is 4.39 Å². The quantitative estimate of drug-likeness (QED) is 0.884. The van der Waals surface area contributed by atoms with E-state index in [2.05, 4.69) is 41.1 Å². The number of alkyl halides is 1. The van der Waals surface area contributed by atoms with Gasteiger partial charge in [-0.15, -0.1) is 0 Å². The van der Waals surface area contributed by atoms with Crippen molar-refractivity contribution < 1.29 is 4.39 Å². The predicted octanol–water partition coefficient (Wildman–Crippen LogP) is 3.71. The molecule has 0 aliphatic carbocycles. The second-order valence-corrected chi connectivity index (χ2v) is 6.62. The summed E-state index contributed by atoms with van der Waals surface area (Å²) in [5, 5.41) is 1.33. The van der Waals surface area contributed by atoms with E-state index in [1.807, 2.05) is 0 Å². The molecule has 1 unspecified atom stereocenters. The number of halogens is 1. The van der Waals surface area contributed by atoms with Crippen molar-refractivity contribution >= 4 is 10.9 Å². The smallest absolute Gasteiger partial charge is 0.118 e.